The molecule has 1 rings (SSSR count). The van der Waals surface area contributed by atoms with Crippen LogP contribution in [0.4, 0.5) is 5.13 Å². The highest BCUT2D eigenvalue weighted by atomic mass is 32.2. The molecule has 0 saturated carbocycles. The van der Waals surface area contributed by atoms with Gasteiger partial charge in [0.15, 0.2) is 0 Å². The summed E-state index contributed by atoms with van der Waals surface area (Å²) in [6.45, 7) is 3.05. The Morgan fingerprint density at radius 3 is 2.57 bits per heavy atom. The second-order valence-corrected chi connectivity index (χ2v) is 7.20. The molecular formula is C10H16N4O5S2. The highest BCUT2D eigenvalue weighted by Crippen LogP contribution is 2.20. The fraction of sp³-hybridized carbons (Fsp3) is 0.600. The standard InChI is InChI=1S/C10H16N4O5S2/c1-3-7(4-8(16)17)5-11-21(18,19)10-14-13-9(20-10)12-6(2)15/h7,11H,3-5H2,1-2H3,(H,16,17)(H,12,13,15). The van der Waals surface area contributed by atoms with Gasteiger partial charge in [-0.3, -0.25) is 9.59 Å². The van der Waals surface area contributed by atoms with Gasteiger partial charge in [-0.1, -0.05) is 24.7 Å². The molecule has 11 heteroatoms. The maximum Gasteiger partial charge on any atom is 0.303 e. The topological polar surface area (TPSA) is 138 Å². The summed E-state index contributed by atoms with van der Waals surface area (Å²) in [5, 5.41) is 18.2. The highest BCUT2D eigenvalue weighted by molar-refractivity contribution is 7.91. The lowest BCUT2D eigenvalue weighted by Gasteiger charge is -2.12. The fourth-order valence-corrected chi connectivity index (χ4v) is 3.52. The minimum Gasteiger partial charge on any atom is -0.481 e. The molecule has 118 valence electrons. The molecular weight excluding hydrogens is 320 g/mol. The predicted octanol–water partition coefficient (Wildman–Crippen LogP) is 0.276. The van der Waals surface area contributed by atoms with Crippen molar-refractivity contribution in [3.63, 3.8) is 0 Å². The van der Waals surface area contributed by atoms with Gasteiger partial charge in [-0.25, -0.2) is 13.1 Å². The van der Waals surface area contributed by atoms with Crippen molar-refractivity contribution in [2.75, 3.05) is 11.9 Å². The molecule has 0 aliphatic rings. The highest BCUT2D eigenvalue weighted by Gasteiger charge is 2.22. The third kappa shape index (κ3) is 5.73. The molecule has 0 saturated heterocycles. The molecule has 0 spiro atoms. The number of rotatable bonds is 8. The molecule has 9 nitrogen and oxygen atoms in total. The number of nitrogens with one attached hydrogen (secondary N) is 2. The molecule has 1 atom stereocenters. The maximum absolute atomic E-state index is 12.0. The molecule has 1 amide bonds. The third-order valence-corrected chi connectivity index (χ3v) is 5.15. The maximum atomic E-state index is 12.0. The third-order valence-electron chi connectivity index (χ3n) is 2.52. The Balaban J connectivity index is 2.70. The van der Waals surface area contributed by atoms with E-state index in [2.05, 4.69) is 20.2 Å². The summed E-state index contributed by atoms with van der Waals surface area (Å²) >= 11 is 0.720. The van der Waals surface area contributed by atoms with Crippen LogP contribution in [-0.2, 0) is 19.6 Å². The van der Waals surface area contributed by atoms with Gasteiger partial charge in [0.1, 0.15) is 0 Å². The minimum absolute atomic E-state index is 0.000182. The van der Waals surface area contributed by atoms with Gasteiger partial charge < -0.3 is 10.4 Å². The van der Waals surface area contributed by atoms with Crippen LogP contribution in [0.3, 0.4) is 0 Å². The second-order valence-electron chi connectivity index (χ2n) is 4.28. The first-order valence-corrected chi connectivity index (χ1v) is 8.37. The molecule has 0 aliphatic carbocycles. The van der Waals surface area contributed by atoms with Gasteiger partial charge in [0.05, 0.1) is 0 Å². The number of aliphatic carboxylic acids is 1. The summed E-state index contributed by atoms with van der Waals surface area (Å²) < 4.78 is 26.0. The zero-order valence-corrected chi connectivity index (χ0v) is 13.1. The van der Waals surface area contributed by atoms with E-state index in [4.69, 9.17) is 5.11 Å². The van der Waals surface area contributed by atoms with E-state index in [1.165, 1.54) is 6.92 Å². The van der Waals surface area contributed by atoms with Crippen LogP contribution in [0.5, 0.6) is 0 Å². The summed E-state index contributed by atoms with van der Waals surface area (Å²) in [6, 6.07) is 0. The Hall–Kier alpha value is -1.59. The van der Waals surface area contributed by atoms with Crippen LogP contribution in [-0.4, -0.2) is 42.1 Å². The van der Waals surface area contributed by atoms with Gasteiger partial charge >= 0.3 is 5.97 Å². The van der Waals surface area contributed by atoms with E-state index in [9.17, 15) is 18.0 Å². The van der Waals surface area contributed by atoms with E-state index >= 15 is 0 Å². The molecule has 0 aromatic carbocycles. The van der Waals surface area contributed by atoms with Crippen molar-refractivity contribution in [1.82, 2.24) is 14.9 Å². The first-order chi connectivity index (χ1) is 9.74. The van der Waals surface area contributed by atoms with E-state index in [0.717, 1.165) is 11.3 Å². The molecule has 0 aliphatic heterocycles. The Bertz CT molecular complexity index is 613. The van der Waals surface area contributed by atoms with E-state index in [0.29, 0.717) is 6.42 Å². The van der Waals surface area contributed by atoms with Gasteiger partial charge in [0.2, 0.25) is 15.4 Å². The molecule has 1 heterocycles. The Kier molecular flexibility index (Phi) is 6.18. The number of anilines is 1. The van der Waals surface area contributed by atoms with Crippen LogP contribution in [0.2, 0.25) is 0 Å². The average Bonchev–Trinajstić information content (AvgIpc) is 2.82. The van der Waals surface area contributed by atoms with Crippen molar-refractivity contribution in [3.8, 4) is 0 Å². The van der Waals surface area contributed by atoms with Crippen molar-refractivity contribution >= 4 is 38.4 Å². The van der Waals surface area contributed by atoms with Crippen molar-refractivity contribution in [2.45, 2.75) is 31.0 Å². The van der Waals surface area contributed by atoms with Crippen molar-refractivity contribution in [1.29, 1.82) is 0 Å². The van der Waals surface area contributed by atoms with E-state index in [1.54, 1.807) is 6.92 Å². The van der Waals surface area contributed by atoms with Gasteiger partial charge in [-0.2, -0.15) is 0 Å². The number of carboxylic acid groups (broad SMARTS) is 1. The quantitative estimate of drug-likeness (QED) is 0.579. The van der Waals surface area contributed by atoms with E-state index < -0.39 is 16.0 Å². The molecule has 0 radical (unpaired) electrons. The number of carbonyl (C=O) groups is 2. The van der Waals surface area contributed by atoms with E-state index in [1.807, 2.05) is 0 Å². The smallest absolute Gasteiger partial charge is 0.303 e. The summed E-state index contributed by atoms with van der Waals surface area (Å²) in [5.74, 6) is -1.67. The van der Waals surface area contributed by atoms with E-state index in [-0.39, 0.29) is 34.3 Å². The van der Waals surface area contributed by atoms with Gasteiger partial charge in [0.25, 0.3) is 10.0 Å². The average molecular weight is 336 g/mol. The van der Waals surface area contributed by atoms with Crippen molar-refractivity contribution < 1.29 is 23.1 Å². The Morgan fingerprint density at radius 2 is 2.05 bits per heavy atom. The van der Waals surface area contributed by atoms with Crippen LogP contribution in [0.1, 0.15) is 26.7 Å². The summed E-state index contributed by atoms with van der Waals surface area (Å²) in [5.41, 5.74) is 0. The molecule has 0 fully saturated rings. The normalized spacial score (nSPS) is 12.9. The van der Waals surface area contributed by atoms with Gasteiger partial charge in [-0.05, 0) is 5.92 Å². The largest absolute Gasteiger partial charge is 0.481 e. The van der Waals surface area contributed by atoms with Crippen molar-refractivity contribution in [3.05, 3.63) is 0 Å². The molecule has 1 aromatic rings. The summed E-state index contributed by atoms with van der Waals surface area (Å²) in [4.78, 5) is 21.5. The predicted molar refractivity (Wildman–Crippen MR) is 75.4 cm³/mol. The number of nitrogens with zero attached hydrogens (tertiary/aromatic N) is 2. The lowest BCUT2D eigenvalue weighted by atomic mass is 10.0. The van der Waals surface area contributed by atoms with Crippen LogP contribution in [0.25, 0.3) is 0 Å². The first kappa shape index (κ1) is 17.5. The molecule has 1 aromatic heterocycles. The summed E-state index contributed by atoms with van der Waals surface area (Å²) in [7, 11) is -3.87. The number of hydrogen-bond donors (Lipinski definition) is 3. The molecule has 0 bridgehead atoms. The molecule has 1 unspecified atom stereocenters. The van der Waals surface area contributed by atoms with Gasteiger partial charge in [0, 0.05) is 19.9 Å². The number of amides is 1. The van der Waals surface area contributed by atoms with Gasteiger partial charge in [-0.15, -0.1) is 10.2 Å². The van der Waals surface area contributed by atoms with Crippen LogP contribution < -0.4 is 10.0 Å². The monoisotopic (exact) mass is 336 g/mol. The lowest BCUT2D eigenvalue weighted by molar-refractivity contribution is -0.138. The Labute approximate surface area is 125 Å². The number of sulfonamides is 1. The number of aromatic nitrogens is 2. The Morgan fingerprint density at radius 1 is 1.38 bits per heavy atom. The fourth-order valence-electron chi connectivity index (χ4n) is 1.42. The minimum atomic E-state index is -3.87. The SMILES string of the molecule is CCC(CNS(=O)(=O)c1nnc(NC(C)=O)s1)CC(=O)O. The zero-order valence-electron chi connectivity index (χ0n) is 11.5. The summed E-state index contributed by atoms with van der Waals surface area (Å²) in [6.07, 6.45) is 0.411. The van der Waals surface area contributed by atoms with Crippen LogP contribution in [0, 0.1) is 5.92 Å². The first-order valence-electron chi connectivity index (χ1n) is 6.07. The lowest BCUT2D eigenvalue weighted by Crippen LogP contribution is -2.30. The van der Waals surface area contributed by atoms with Crippen LogP contribution in [0.15, 0.2) is 4.34 Å². The molecule has 21 heavy (non-hydrogen) atoms. The number of hydrogen-bond acceptors (Lipinski definition) is 7. The van der Waals surface area contributed by atoms with Crippen molar-refractivity contribution in [2.24, 2.45) is 5.92 Å². The molecule has 3 N–H and O–H groups in total. The number of carbonyl (C=O) groups excluding carboxylic acids is 1. The second kappa shape index (κ2) is 7.43. The number of carboxylic acids is 1. The zero-order chi connectivity index (χ0) is 16.0. The van der Waals surface area contributed by atoms with Crippen LogP contribution >= 0.6 is 11.3 Å².